The number of rotatable bonds is 4. The molecule has 1 N–H and O–H groups in total. The van der Waals surface area contributed by atoms with Crippen LogP contribution in [0.4, 0.5) is 11.4 Å². The SMILES string of the molecule is C=CCN1c2ccc(C(=O)Nc3ccccc3C)cc2-c2ccccc2S1(=O)=O. The number of amides is 1. The summed E-state index contributed by atoms with van der Waals surface area (Å²) >= 11 is 0. The van der Waals surface area contributed by atoms with Crippen LogP contribution < -0.4 is 9.62 Å². The third kappa shape index (κ3) is 3.21. The summed E-state index contributed by atoms with van der Waals surface area (Å²) in [6.45, 7) is 5.76. The number of aryl methyl sites for hydroxylation is 1. The smallest absolute Gasteiger partial charge is 0.265 e. The van der Waals surface area contributed by atoms with Gasteiger partial charge in [0.15, 0.2) is 0 Å². The molecule has 0 spiro atoms. The molecule has 0 bridgehead atoms. The fourth-order valence-electron chi connectivity index (χ4n) is 3.49. The monoisotopic (exact) mass is 404 g/mol. The Morgan fingerprint density at radius 3 is 2.52 bits per heavy atom. The van der Waals surface area contributed by atoms with Crippen molar-refractivity contribution in [1.82, 2.24) is 0 Å². The number of hydrogen-bond acceptors (Lipinski definition) is 3. The standard InChI is InChI=1S/C23H20N2O3S/c1-3-14-25-21-13-12-17(23(26)24-20-10-6-4-8-16(20)2)15-19(21)18-9-5-7-11-22(18)29(25,27)28/h3-13,15H,1,14H2,2H3,(H,24,26). The molecule has 0 saturated carbocycles. The van der Waals surface area contributed by atoms with E-state index in [1.54, 1.807) is 48.5 Å². The van der Waals surface area contributed by atoms with Crippen molar-refractivity contribution in [1.29, 1.82) is 0 Å². The van der Waals surface area contributed by atoms with E-state index in [1.165, 1.54) is 4.31 Å². The van der Waals surface area contributed by atoms with Gasteiger partial charge in [-0.3, -0.25) is 9.10 Å². The van der Waals surface area contributed by atoms with Crippen LogP contribution in [0.2, 0.25) is 0 Å². The molecule has 0 fully saturated rings. The fraction of sp³-hybridized carbons (Fsp3) is 0.0870. The number of hydrogen-bond donors (Lipinski definition) is 1. The van der Waals surface area contributed by atoms with Gasteiger partial charge in [-0.1, -0.05) is 42.5 Å². The van der Waals surface area contributed by atoms with Gasteiger partial charge in [0.2, 0.25) is 0 Å². The number of para-hydroxylation sites is 1. The van der Waals surface area contributed by atoms with Gasteiger partial charge in [0, 0.05) is 22.4 Å². The molecule has 1 heterocycles. The highest BCUT2D eigenvalue weighted by Crippen LogP contribution is 2.43. The number of nitrogens with zero attached hydrogens (tertiary/aromatic N) is 1. The first kappa shape index (κ1) is 19.0. The second-order valence-corrected chi connectivity index (χ2v) is 8.65. The van der Waals surface area contributed by atoms with Gasteiger partial charge in [-0.05, 0) is 42.8 Å². The summed E-state index contributed by atoms with van der Waals surface area (Å²) in [4.78, 5) is 13.1. The third-order valence-corrected chi connectivity index (χ3v) is 6.80. The maximum Gasteiger partial charge on any atom is 0.265 e. The first-order valence-corrected chi connectivity index (χ1v) is 10.6. The second kappa shape index (κ2) is 7.22. The Balaban J connectivity index is 1.81. The Hall–Kier alpha value is -3.38. The second-order valence-electron chi connectivity index (χ2n) is 6.82. The van der Waals surface area contributed by atoms with Crippen molar-refractivity contribution in [2.45, 2.75) is 11.8 Å². The molecule has 1 aliphatic heterocycles. The van der Waals surface area contributed by atoms with Crippen molar-refractivity contribution in [3.8, 4) is 11.1 Å². The van der Waals surface area contributed by atoms with E-state index in [0.717, 1.165) is 11.3 Å². The van der Waals surface area contributed by atoms with E-state index in [2.05, 4.69) is 11.9 Å². The van der Waals surface area contributed by atoms with Crippen LogP contribution in [0.3, 0.4) is 0 Å². The molecular formula is C23H20N2O3S. The molecule has 0 atom stereocenters. The summed E-state index contributed by atoms with van der Waals surface area (Å²) in [5, 5.41) is 2.92. The van der Waals surface area contributed by atoms with E-state index < -0.39 is 10.0 Å². The van der Waals surface area contributed by atoms with Gasteiger partial charge in [0.05, 0.1) is 17.1 Å². The summed E-state index contributed by atoms with van der Waals surface area (Å²) in [6.07, 6.45) is 1.55. The Morgan fingerprint density at radius 2 is 1.76 bits per heavy atom. The summed E-state index contributed by atoms with van der Waals surface area (Å²) < 4.78 is 27.4. The Morgan fingerprint density at radius 1 is 1.03 bits per heavy atom. The molecule has 6 heteroatoms. The van der Waals surface area contributed by atoms with Gasteiger partial charge < -0.3 is 5.32 Å². The van der Waals surface area contributed by atoms with Crippen molar-refractivity contribution >= 4 is 27.3 Å². The molecule has 1 amide bonds. The number of carbonyl (C=O) groups is 1. The van der Waals surface area contributed by atoms with E-state index >= 15 is 0 Å². The molecule has 0 saturated heterocycles. The molecule has 1 aliphatic rings. The van der Waals surface area contributed by atoms with Crippen LogP contribution in [-0.4, -0.2) is 20.9 Å². The highest BCUT2D eigenvalue weighted by Gasteiger charge is 2.34. The first-order valence-electron chi connectivity index (χ1n) is 9.17. The normalized spacial score (nSPS) is 13.9. The number of fused-ring (bicyclic) bond motifs is 3. The number of carbonyl (C=O) groups excluding carboxylic acids is 1. The van der Waals surface area contributed by atoms with E-state index in [1.807, 2.05) is 31.2 Å². The minimum absolute atomic E-state index is 0.151. The lowest BCUT2D eigenvalue weighted by atomic mass is 10.00. The highest BCUT2D eigenvalue weighted by molar-refractivity contribution is 7.93. The largest absolute Gasteiger partial charge is 0.322 e. The predicted octanol–water partition coefficient (Wildman–Crippen LogP) is 4.61. The molecule has 0 aromatic heterocycles. The van der Waals surface area contributed by atoms with Gasteiger partial charge in [-0.25, -0.2) is 8.42 Å². The zero-order valence-corrected chi connectivity index (χ0v) is 16.7. The van der Waals surface area contributed by atoms with E-state index in [4.69, 9.17) is 0 Å². The van der Waals surface area contributed by atoms with Gasteiger partial charge >= 0.3 is 0 Å². The van der Waals surface area contributed by atoms with Crippen LogP contribution in [0.15, 0.2) is 84.3 Å². The van der Waals surface area contributed by atoms with Crippen molar-refractivity contribution in [3.05, 3.63) is 90.5 Å². The van der Waals surface area contributed by atoms with E-state index in [9.17, 15) is 13.2 Å². The summed E-state index contributed by atoms with van der Waals surface area (Å²) in [6, 6.07) is 19.5. The Labute approximate surface area is 170 Å². The summed E-state index contributed by atoms with van der Waals surface area (Å²) in [7, 11) is -3.68. The maximum atomic E-state index is 13.1. The zero-order chi connectivity index (χ0) is 20.6. The van der Waals surface area contributed by atoms with Gasteiger partial charge in [0.1, 0.15) is 0 Å². The van der Waals surface area contributed by atoms with Gasteiger partial charge in [0.25, 0.3) is 15.9 Å². The zero-order valence-electron chi connectivity index (χ0n) is 15.9. The Bertz CT molecular complexity index is 1230. The molecule has 5 nitrogen and oxygen atoms in total. The highest BCUT2D eigenvalue weighted by atomic mass is 32.2. The van der Waals surface area contributed by atoms with E-state index in [0.29, 0.717) is 22.4 Å². The number of benzene rings is 3. The molecular weight excluding hydrogens is 384 g/mol. The van der Waals surface area contributed by atoms with Gasteiger partial charge in [-0.2, -0.15) is 0 Å². The lowest BCUT2D eigenvalue weighted by molar-refractivity contribution is 0.102. The van der Waals surface area contributed by atoms with Crippen LogP contribution >= 0.6 is 0 Å². The quantitative estimate of drug-likeness (QED) is 0.646. The van der Waals surface area contributed by atoms with Crippen molar-refractivity contribution in [2.24, 2.45) is 0 Å². The predicted molar refractivity (Wildman–Crippen MR) is 116 cm³/mol. The molecule has 3 aromatic carbocycles. The van der Waals surface area contributed by atoms with Crippen LogP contribution in [0.1, 0.15) is 15.9 Å². The molecule has 146 valence electrons. The average molecular weight is 404 g/mol. The minimum atomic E-state index is -3.68. The number of sulfonamides is 1. The van der Waals surface area contributed by atoms with Crippen LogP contribution in [0.5, 0.6) is 0 Å². The summed E-state index contributed by atoms with van der Waals surface area (Å²) in [5.41, 5.74) is 4.00. The topological polar surface area (TPSA) is 66.5 Å². The maximum absolute atomic E-state index is 13.1. The Kier molecular flexibility index (Phi) is 4.72. The number of anilines is 2. The molecule has 0 unspecified atom stereocenters. The summed E-state index contributed by atoms with van der Waals surface area (Å²) in [5.74, 6) is -0.247. The van der Waals surface area contributed by atoms with E-state index in [-0.39, 0.29) is 17.3 Å². The fourth-order valence-corrected chi connectivity index (χ4v) is 5.16. The van der Waals surface area contributed by atoms with Crippen LogP contribution in [0.25, 0.3) is 11.1 Å². The average Bonchev–Trinajstić information content (AvgIpc) is 2.72. The first-order chi connectivity index (χ1) is 13.9. The minimum Gasteiger partial charge on any atom is -0.322 e. The van der Waals surface area contributed by atoms with Gasteiger partial charge in [-0.15, -0.1) is 6.58 Å². The molecule has 0 aliphatic carbocycles. The van der Waals surface area contributed by atoms with Crippen LogP contribution in [0, 0.1) is 6.92 Å². The molecule has 4 rings (SSSR count). The third-order valence-electron chi connectivity index (χ3n) is 4.96. The van der Waals surface area contributed by atoms with Crippen molar-refractivity contribution < 1.29 is 13.2 Å². The van der Waals surface area contributed by atoms with Crippen molar-refractivity contribution in [3.63, 3.8) is 0 Å². The molecule has 3 aromatic rings. The molecule has 29 heavy (non-hydrogen) atoms. The lowest BCUT2D eigenvalue weighted by Crippen LogP contribution is -2.34. The van der Waals surface area contributed by atoms with Crippen molar-refractivity contribution in [2.75, 3.05) is 16.2 Å². The lowest BCUT2D eigenvalue weighted by Gasteiger charge is -2.31. The molecule has 0 radical (unpaired) electrons. The number of nitrogens with one attached hydrogen (secondary N) is 1. The van der Waals surface area contributed by atoms with Crippen LogP contribution in [-0.2, 0) is 10.0 Å².